The molecule has 0 aliphatic carbocycles. The highest BCUT2D eigenvalue weighted by Crippen LogP contribution is 2.38. The van der Waals surface area contributed by atoms with E-state index in [4.69, 9.17) is 9.05 Å². The Bertz CT molecular complexity index is 1670. The van der Waals surface area contributed by atoms with Crippen LogP contribution in [-0.4, -0.2) is 68.5 Å². The van der Waals surface area contributed by atoms with Gasteiger partial charge in [0.15, 0.2) is 0 Å². The van der Waals surface area contributed by atoms with Gasteiger partial charge in [0.2, 0.25) is 5.91 Å². The third-order valence-corrected chi connectivity index (χ3v) is 18.4. The molecule has 9 heteroatoms. The molecule has 0 spiro atoms. The molecule has 0 aliphatic heterocycles. The Kier molecular flexibility index (Phi) is 67.7. The summed E-state index contributed by atoms with van der Waals surface area (Å²) in [5.74, 6) is -0.200. The minimum absolute atomic E-state index is 0.00561. The van der Waals surface area contributed by atoms with Crippen LogP contribution in [0.25, 0.3) is 0 Å². The van der Waals surface area contributed by atoms with Gasteiger partial charge in [-0.3, -0.25) is 9.36 Å². The average molecular weight is 1250 g/mol. The van der Waals surface area contributed by atoms with Crippen molar-refractivity contribution in [1.82, 2.24) is 5.32 Å². The number of hydrogen-bond donors (Lipinski definition) is 2. The van der Waals surface area contributed by atoms with Crippen LogP contribution in [0.15, 0.2) is 72.9 Å². The van der Waals surface area contributed by atoms with E-state index < -0.39 is 26.6 Å². The van der Waals surface area contributed by atoms with E-state index in [0.29, 0.717) is 17.4 Å². The summed E-state index contributed by atoms with van der Waals surface area (Å²) in [5.41, 5.74) is 0. The lowest BCUT2D eigenvalue weighted by molar-refractivity contribution is -0.870. The highest BCUT2D eigenvalue weighted by atomic mass is 31.2. The van der Waals surface area contributed by atoms with Crippen LogP contribution in [0.4, 0.5) is 0 Å². The summed E-state index contributed by atoms with van der Waals surface area (Å²) in [6.45, 7) is 4.57. The summed E-state index contributed by atoms with van der Waals surface area (Å²) < 4.78 is 23.5. The number of quaternary nitrogens is 1. The molecule has 0 aliphatic rings. The predicted molar refractivity (Wildman–Crippen MR) is 385 cm³/mol. The zero-order valence-corrected chi connectivity index (χ0v) is 60.1. The molecule has 0 aromatic heterocycles. The van der Waals surface area contributed by atoms with E-state index in [2.05, 4.69) is 79.9 Å². The number of likely N-dealkylation sites (N-methyl/N-ethyl adjacent to an activating group) is 1. The molecule has 0 fully saturated rings. The van der Waals surface area contributed by atoms with Gasteiger partial charge in [0.25, 0.3) is 7.82 Å². The van der Waals surface area contributed by atoms with Crippen LogP contribution < -0.4 is 10.2 Å². The first kappa shape index (κ1) is 85.9. The lowest BCUT2D eigenvalue weighted by Gasteiger charge is -2.29. The summed E-state index contributed by atoms with van der Waals surface area (Å²) >= 11 is 0. The molecule has 0 radical (unpaired) electrons. The molecule has 0 saturated heterocycles. The van der Waals surface area contributed by atoms with Gasteiger partial charge in [0.1, 0.15) is 13.2 Å². The fourth-order valence-corrected chi connectivity index (χ4v) is 12.2. The maximum Gasteiger partial charge on any atom is 0.268 e. The average Bonchev–Trinajstić information content (AvgIpc) is 3.70. The molecule has 3 atom stereocenters. The number of phosphoric acid groups is 1. The minimum atomic E-state index is -4.61. The Balaban J connectivity index is 3.97. The van der Waals surface area contributed by atoms with Gasteiger partial charge in [0.05, 0.1) is 39.9 Å². The maximum atomic E-state index is 13.1. The molecular weight excluding hydrogens is 1100 g/mol. The molecule has 0 bridgehead atoms. The quantitative estimate of drug-likeness (QED) is 0.0272. The van der Waals surface area contributed by atoms with Crippen LogP contribution in [0.3, 0.4) is 0 Å². The van der Waals surface area contributed by atoms with Crippen LogP contribution in [0.1, 0.15) is 373 Å². The second-order valence-electron chi connectivity index (χ2n) is 27.3. The molecule has 0 aromatic rings. The van der Waals surface area contributed by atoms with Gasteiger partial charge in [0, 0.05) is 6.42 Å². The van der Waals surface area contributed by atoms with Gasteiger partial charge in [-0.25, -0.2) is 0 Å². The number of amides is 1. The molecular formula is C79H149N2O6P. The molecule has 0 rings (SSSR count). The summed E-state index contributed by atoms with van der Waals surface area (Å²) in [7, 11) is 1.26. The first-order valence-electron chi connectivity index (χ1n) is 38.3. The first-order chi connectivity index (χ1) is 43.0. The highest BCUT2D eigenvalue weighted by Gasteiger charge is 2.23. The van der Waals surface area contributed by atoms with Gasteiger partial charge in [-0.15, -0.1) is 0 Å². The number of aliphatic hydroxyl groups is 1. The number of hydrogen-bond acceptors (Lipinski definition) is 6. The zero-order chi connectivity index (χ0) is 64.1. The van der Waals surface area contributed by atoms with Crippen molar-refractivity contribution < 1.29 is 32.9 Å². The van der Waals surface area contributed by atoms with E-state index in [1.54, 1.807) is 6.08 Å². The summed E-state index contributed by atoms with van der Waals surface area (Å²) in [6, 6.07) is -0.905. The largest absolute Gasteiger partial charge is 0.756 e. The molecule has 88 heavy (non-hydrogen) atoms. The van der Waals surface area contributed by atoms with Crippen LogP contribution >= 0.6 is 7.82 Å². The lowest BCUT2D eigenvalue weighted by Crippen LogP contribution is -2.45. The number of carbonyl (C=O) groups excluding carboxylic acids is 1. The fourth-order valence-electron chi connectivity index (χ4n) is 11.5. The smallest absolute Gasteiger partial charge is 0.268 e. The van der Waals surface area contributed by atoms with Gasteiger partial charge >= 0.3 is 0 Å². The van der Waals surface area contributed by atoms with Gasteiger partial charge in [-0.1, -0.05) is 369 Å². The highest BCUT2D eigenvalue weighted by molar-refractivity contribution is 7.45. The molecule has 516 valence electrons. The van der Waals surface area contributed by atoms with E-state index in [9.17, 15) is 19.4 Å². The standard InChI is InChI=1S/C79H149N2O6P/c1-6-8-10-12-14-16-18-20-22-24-26-28-30-32-34-35-36-37-38-39-40-41-42-43-44-45-47-49-51-53-55-57-59-61-63-65-67-69-71-73-79(83)80-77(76-87-88(84,85)86-75-74-81(3,4)5)78(82)72-70-68-66-64-62-60-58-56-54-52-50-48-46-33-31-29-27-25-23-21-19-17-15-13-11-9-7-2/h8,10,14,16,20,22,26,28,62,64,70,72,77-78,82H,6-7,9,11-13,15,17-19,21,23-25,27,29-61,63,65-69,71,73-76H2,1-5H3,(H-,80,83,84,85)/b10-8-,16-14-,22-20-,28-26-,64-62+,72-70+. The van der Waals surface area contributed by atoms with Crippen LogP contribution in [0.5, 0.6) is 0 Å². The number of nitrogens with one attached hydrogen (secondary N) is 1. The summed E-state index contributed by atoms with van der Waals surface area (Å²) in [5, 5.41) is 14.0. The van der Waals surface area contributed by atoms with Gasteiger partial charge in [-0.2, -0.15) is 0 Å². The number of aliphatic hydroxyl groups excluding tert-OH is 1. The molecule has 0 saturated carbocycles. The Morgan fingerprint density at radius 3 is 1.06 bits per heavy atom. The zero-order valence-electron chi connectivity index (χ0n) is 59.2. The summed E-state index contributed by atoms with van der Waals surface area (Å²) in [4.78, 5) is 25.7. The predicted octanol–water partition coefficient (Wildman–Crippen LogP) is 24.3. The van der Waals surface area contributed by atoms with E-state index in [0.717, 1.165) is 64.2 Å². The van der Waals surface area contributed by atoms with E-state index in [1.807, 2.05) is 27.2 Å². The summed E-state index contributed by atoms with van der Waals surface area (Å²) in [6.07, 6.45) is 97.8. The third-order valence-electron chi connectivity index (χ3n) is 17.4. The number of carbonyl (C=O) groups is 1. The van der Waals surface area contributed by atoms with Crippen LogP contribution in [-0.2, 0) is 18.4 Å². The third kappa shape index (κ3) is 71.4. The van der Waals surface area contributed by atoms with Crippen LogP contribution in [0.2, 0.25) is 0 Å². The first-order valence-corrected chi connectivity index (χ1v) is 39.8. The van der Waals surface area contributed by atoms with Crippen LogP contribution in [0, 0.1) is 0 Å². The Morgan fingerprint density at radius 2 is 0.705 bits per heavy atom. The lowest BCUT2D eigenvalue weighted by atomic mass is 10.0. The van der Waals surface area contributed by atoms with Gasteiger partial charge < -0.3 is 28.8 Å². The second-order valence-corrected chi connectivity index (χ2v) is 28.7. The van der Waals surface area contributed by atoms with Crippen molar-refractivity contribution in [3.05, 3.63) is 72.9 Å². The van der Waals surface area contributed by atoms with E-state index in [1.165, 1.54) is 289 Å². The van der Waals surface area contributed by atoms with Crippen molar-refractivity contribution >= 4 is 13.7 Å². The molecule has 0 aromatic carbocycles. The Hall–Kier alpha value is -2.06. The van der Waals surface area contributed by atoms with Crippen molar-refractivity contribution in [3.63, 3.8) is 0 Å². The van der Waals surface area contributed by atoms with Gasteiger partial charge in [-0.05, 0) is 70.6 Å². The SMILES string of the molecule is CC/C=C\C/C=C\C/C=C\C/C=C\CCCCCCCCCCCCCCCCCCCCCCCCCCCCC(=O)NC(COP(=O)([O-])OCC[N+](C)(C)C)C(O)/C=C/CC/C=C/CCCCCCCCCCCCCCCCCCCCCCC. The minimum Gasteiger partial charge on any atom is -0.756 e. The number of unbranched alkanes of at least 4 members (excludes halogenated alkanes) is 48. The second kappa shape index (κ2) is 69.3. The van der Waals surface area contributed by atoms with Crippen molar-refractivity contribution in [1.29, 1.82) is 0 Å². The van der Waals surface area contributed by atoms with E-state index >= 15 is 0 Å². The fraction of sp³-hybridized carbons (Fsp3) is 0.835. The number of rotatable bonds is 71. The Labute approximate surface area is 548 Å². The Morgan fingerprint density at radius 1 is 0.409 bits per heavy atom. The van der Waals surface area contributed by atoms with Crippen molar-refractivity contribution in [2.24, 2.45) is 0 Å². The maximum absolute atomic E-state index is 13.1. The molecule has 0 heterocycles. The van der Waals surface area contributed by atoms with E-state index in [-0.39, 0.29) is 12.5 Å². The van der Waals surface area contributed by atoms with Crippen molar-refractivity contribution in [3.8, 4) is 0 Å². The molecule has 1 amide bonds. The molecule has 2 N–H and O–H groups in total. The van der Waals surface area contributed by atoms with Crippen molar-refractivity contribution in [2.45, 2.75) is 386 Å². The molecule has 3 unspecified atom stereocenters. The van der Waals surface area contributed by atoms with Crippen molar-refractivity contribution in [2.75, 3.05) is 40.9 Å². The monoisotopic (exact) mass is 1250 g/mol. The molecule has 8 nitrogen and oxygen atoms in total. The number of nitrogens with zero attached hydrogens (tertiary/aromatic N) is 1. The number of allylic oxidation sites excluding steroid dienone is 11. The topological polar surface area (TPSA) is 108 Å². The number of phosphoric ester groups is 1. The normalized spacial score (nSPS) is 13.9.